The number of hydrogen-bond donors (Lipinski definition) is 0. The molecule has 2 aliphatic rings. The number of morpholine rings is 1. The Kier molecular flexibility index (Phi) is 5.35. The maximum absolute atomic E-state index is 12.6. The van der Waals surface area contributed by atoms with Gasteiger partial charge in [-0.05, 0) is 19.1 Å². The van der Waals surface area contributed by atoms with Gasteiger partial charge < -0.3 is 14.2 Å². The summed E-state index contributed by atoms with van der Waals surface area (Å²) < 4.78 is 7.51. The molecule has 2 fully saturated rings. The minimum atomic E-state index is -0.0229. The van der Waals surface area contributed by atoms with Crippen LogP contribution in [0.2, 0.25) is 0 Å². The van der Waals surface area contributed by atoms with Crippen LogP contribution in [0, 0.1) is 0 Å². The van der Waals surface area contributed by atoms with Crippen molar-refractivity contribution in [2.45, 2.75) is 19.5 Å². The molecule has 1 aromatic heterocycles. The molecule has 1 aromatic rings. The van der Waals surface area contributed by atoms with Crippen LogP contribution in [0.25, 0.3) is 0 Å². The van der Waals surface area contributed by atoms with E-state index >= 15 is 0 Å². The van der Waals surface area contributed by atoms with Crippen LogP contribution in [0.15, 0.2) is 18.3 Å². The van der Waals surface area contributed by atoms with Crippen molar-refractivity contribution in [1.82, 2.24) is 19.3 Å². The van der Waals surface area contributed by atoms with E-state index in [1.807, 2.05) is 11.8 Å². The fourth-order valence-electron chi connectivity index (χ4n) is 3.40. The molecule has 1 amide bonds. The van der Waals surface area contributed by atoms with Crippen LogP contribution in [0.3, 0.4) is 0 Å². The van der Waals surface area contributed by atoms with Crippen molar-refractivity contribution in [3.05, 3.63) is 24.0 Å². The standard InChI is InChI=1S/C17H28N4O2/c1-15(17(22)21-10-12-23-13-11-21)20-8-6-19(7-9-20)14-16-4-3-5-18(16)2/h3-5,15H,6-14H2,1-2H3/t15-/m1/s1. The molecule has 0 aliphatic carbocycles. The Hall–Kier alpha value is -1.37. The van der Waals surface area contributed by atoms with Gasteiger partial charge >= 0.3 is 0 Å². The number of hydrogen-bond acceptors (Lipinski definition) is 4. The molecule has 0 saturated carbocycles. The Morgan fingerprint density at radius 1 is 1.17 bits per heavy atom. The van der Waals surface area contributed by atoms with E-state index in [-0.39, 0.29) is 11.9 Å². The van der Waals surface area contributed by atoms with E-state index in [2.05, 4.69) is 39.7 Å². The van der Waals surface area contributed by atoms with Gasteiger partial charge in [-0.3, -0.25) is 14.6 Å². The van der Waals surface area contributed by atoms with Gasteiger partial charge in [-0.25, -0.2) is 0 Å². The zero-order chi connectivity index (χ0) is 16.2. The fraction of sp³-hybridized carbons (Fsp3) is 0.706. The molecule has 0 spiro atoms. The number of carbonyl (C=O) groups excluding carboxylic acids is 1. The Labute approximate surface area is 138 Å². The monoisotopic (exact) mass is 320 g/mol. The SMILES string of the molecule is C[C@H](C(=O)N1CCOCC1)N1CCN(Cc2cccn2C)CC1. The number of rotatable bonds is 4. The lowest BCUT2D eigenvalue weighted by Gasteiger charge is -2.39. The number of piperazine rings is 1. The van der Waals surface area contributed by atoms with Crippen LogP contribution < -0.4 is 0 Å². The first-order chi connectivity index (χ1) is 11.1. The molecule has 3 rings (SSSR count). The Morgan fingerprint density at radius 3 is 2.48 bits per heavy atom. The van der Waals surface area contributed by atoms with Gasteiger partial charge in [0.15, 0.2) is 0 Å². The molecule has 2 aliphatic heterocycles. The first kappa shape index (κ1) is 16.5. The van der Waals surface area contributed by atoms with E-state index in [0.29, 0.717) is 13.2 Å². The predicted molar refractivity (Wildman–Crippen MR) is 89.1 cm³/mol. The lowest BCUT2D eigenvalue weighted by Crippen LogP contribution is -2.55. The quantitative estimate of drug-likeness (QED) is 0.805. The van der Waals surface area contributed by atoms with Crippen LogP contribution in [-0.2, 0) is 23.1 Å². The fourth-order valence-corrected chi connectivity index (χ4v) is 3.40. The maximum Gasteiger partial charge on any atom is 0.239 e. The van der Waals surface area contributed by atoms with Crippen LogP contribution >= 0.6 is 0 Å². The highest BCUT2D eigenvalue weighted by atomic mass is 16.5. The molecule has 2 saturated heterocycles. The summed E-state index contributed by atoms with van der Waals surface area (Å²) in [6.07, 6.45) is 2.09. The first-order valence-electron chi connectivity index (χ1n) is 8.58. The van der Waals surface area contributed by atoms with Crippen molar-refractivity contribution in [2.24, 2.45) is 7.05 Å². The molecule has 0 bridgehead atoms. The molecule has 0 unspecified atom stereocenters. The van der Waals surface area contributed by atoms with Gasteiger partial charge in [0, 0.05) is 64.8 Å². The second-order valence-corrected chi connectivity index (χ2v) is 6.54. The van der Waals surface area contributed by atoms with Gasteiger partial charge in [-0.2, -0.15) is 0 Å². The molecule has 0 radical (unpaired) electrons. The number of aryl methyl sites for hydroxylation is 1. The van der Waals surface area contributed by atoms with Crippen molar-refractivity contribution in [3.8, 4) is 0 Å². The average molecular weight is 320 g/mol. The number of nitrogens with zero attached hydrogens (tertiary/aromatic N) is 4. The van der Waals surface area contributed by atoms with Crippen molar-refractivity contribution in [1.29, 1.82) is 0 Å². The van der Waals surface area contributed by atoms with E-state index in [0.717, 1.165) is 45.8 Å². The second kappa shape index (κ2) is 7.47. The molecule has 1 atom stereocenters. The third-order valence-electron chi connectivity index (χ3n) is 5.07. The van der Waals surface area contributed by atoms with Crippen LogP contribution in [-0.4, -0.2) is 83.7 Å². The van der Waals surface area contributed by atoms with Crippen molar-refractivity contribution in [3.63, 3.8) is 0 Å². The number of ether oxygens (including phenoxy) is 1. The molecule has 3 heterocycles. The zero-order valence-corrected chi connectivity index (χ0v) is 14.3. The Balaban J connectivity index is 1.48. The summed E-state index contributed by atoms with van der Waals surface area (Å²) in [6.45, 7) is 9.80. The smallest absolute Gasteiger partial charge is 0.239 e. The summed E-state index contributed by atoms with van der Waals surface area (Å²) in [4.78, 5) is 19.3. The maximum atomic E-state index is 12.6. The molecule has 0 N–H and O–H groups in total. The second-order valence-electron chi connectivity index (χ2n) is 6.54. The average Bonchev–Trinajstić information content (AvgIpc) is 3.00. The van der Waals surface area contributed by atoms with E-state index in [4.69, 9.17) is 4.74 Å². The van der Waals surface area contributed by atoms with E-state index < -0.39 is 0 Å². The molecule has 6 heteroatoms. The summed E-state index contributed by atoms with van der Waals surface area (Å²) in [5.74, 6) is 0.254. The lowest BCUT2D eigenvalue weighted by molar-refractivity contribution is -0.141. The molecule has 23 heavy (non-hydrogen) atoms. The van der Waals surface area contributed by atoms with Crippen LogP contribution in [0.1, 0.15) is 12.6 Å². The highest BCUT2D eigenvalue weighted by Gasteiger charge is 2.29. The van der Waals surface area contributed by atoms with Crippen LogP contribution in [0.5, 0.6) is 0 Å². The highest BCUT2D eigenvalue weighted by Crippen LogP contribution is 2.13. The van der Waals surface area contributed by atoms with Gasteiger partial charge in [0.05, 0.1) is 19.3 Å². The van der Waals surface area contributed by atoms with E-state index in [1.165, 1.54) is 5.69 Å². The molecular formula is C17H28N4O2. The van der Waals surface area contributed by atoms with Crippen molar-refractivity contribution in [2.75, 3.05) is 52.5 Å². The van der Waals surface area contributed by atoms with E-state index in [1.54, 1.807) is 0 Å². The van der Waals surface area contributed by atoms with E-state index in [9.17, 15) is 4.79 Å². The van der Waals surface area contributed by atoms with Crippen LogP contribution in [0.4, 0.5) is 0 Å². The minimum Gasteiger partial charge on any atom is -0.378 e. The number of aromatic nitrogens is 1. The predicted octanol–water partition coefficient (Wildman–Crippen LogP) is 0.390. The third kappa shape index (κ3) is 3.94. The van der Waals surface area contributed by atoms with Gasteiger partial charge in [0.2, 0.25) is 5.91 Å². The number of carbonyl (C=O) groups is 1. The number of amides is 1. The summed E-state index contributed by atoms with van der Waals surface area (Å²) in [7, 11) is 2.09. The first-order valence-corrected chi connectivity index (χ1v) is 8.58. The largest absolute Gasteiger partial charge is 0.378 e. The topological polar surface area (TPSA) is 41.0 Å². The highest BCUT2D eigenvalue weighted by molar-refractivity contribution is 5.81. The minimum absolute atomic E-state index is 0.0229. The normalized spacial score (nSPS) is 22.3. The van der Waals surface area contributed by atoms with Gasteiger partial charge in [-0.1, -0.05) is 0 Å². The third-order valence-corrected chi connectivity index (χ3v) is 5.07. The van der Waals surface area contributed by atoms with Crippen molar-refractivity contribution < 1.29 is 9.53 Å². The van der Waals surface area contributed by atoms with Gasteiger partial charge in [0.25, 0.3) is 0 Å². The molecule has 0 aromatic carbocycles. The van der Waals surface area contributed by atoms with Crippen molar-refractivity contribution >= 4 is 5.91 Å². The Morgan fingerprint density at radius 2 is 1.87 bits per heavy atom. The van der Waals surface area contributed by atoms with Gasteiger partial charge in [-0.15, -0.1) is 0 Å². The Bertz CT molecular complexity index is 516. The summed E-state index contributed by atoms with van der Waals surface area (Å²) >= 11 is 0. The summed E-state index contributed by atoms with van der Waals surface area (Å²) in [5.41, 5.74) is 1.34. The molecule has 6 nitrogen and oxygen atoms in total. The van der Waals surface area contributed by atoms with Gasteiger partial charge in [0.1, 0.15) is 0 Å². The molecule has 128 valence electrons. The summed E-state index contributed by atoms with van der Waals surface area (Å²) in [5, 5.41) is 0. The molecular weight excluding hydrogens is 292 g/mol. The zero-order valence-electron chi connectivity index (χ0n) is 14.3. The lowest BCUT2D eigenvalue weighted by atomic mass is 10.2. The summed E-state index contributed by atoms with van der Waals surface area (Å²) in [6, 6.07) is 4.25.